The minimum atomic E-state index is -0.453. The topological polar surface area (TPSA) is 67.9 Å². The average molecular weight is 399 g/mol. The number of nitrogens with zero attached hydrogens (tertiary/aromatic N) is 1. The minimum Gasteiger partial charge on any atom is -0.489 e. The normalized spacial score (nSPS) is 10.9. The molecule has 0 saturated heterocycles. The van der Waals surface area contributed by atoms with Gasteiger partial charge in [0.25, 0.3) is 0 Å². The number of carbonyl (C=O) groups excluding carboxylic acids is 2. The van der Waals surface area contributed by atoms with Gasteiger partial charge in [0, 0.05) is 12.1 Å². The van der Waals surface area contributed by atoms with E-state index >= 15 is 0 Å². The Morgan fingerprint density at radius 2 is 1.69 bits per heavy atom. The van der Waals surface area contributed by atoms with E-state index in [4.69, 9.17) is 9.47 Å². The van der Waals surface area contributed by atoms with E-state index in [1.165, 1.54) is 0 Å². The summed E-state index contributed by atoms with van der Waals surface area (Å²) in [6, 6.07) is 17.3. The van der Waals surface area contributed by atoms with Crippen LogP contribution in [0.2, 0.25) is 0 Å². The van der Waals surface area contributed by atoms with Crippen LogP contribution in [0.4, 0.5) is 4.79 Å². The molecule has 2 aromatic rings. The fourth-order valence-electron chi connectivity index (χ4n) is 2.73. The van der Waals surface area contributed by atoms with Crippen molar-refractivity contribution in [2.24, 2.45) is 0 Å². The van der Waals surface area contributed by atoms with Crippen LogP contribution in [0.3, 0.4) is 0 Å². The number of rotatable bonds is 8. The molecular formula is C23H30N2O4. The van der Waals surface area contributed by atoms with E-state index < -0.39 is 11.5 Å². The molecule has 0 aliphatic carbocycles. The van der Waals surface area contributed by atoms with Crippen molar-refractivity contribution in [3.8, 4) is 5.75 Å². The zero-order chi connectivity index (χ0) is 21.3. The average Bonchev–Trinajstić information content (AvgIpc) is 2.69. The SMILES string of the molecule is CCOC(=O)CNC(=O)N(Cc1cccc(OCc2ccccc2)c1)C(C)(C)C. The maximum Gasteiger partial charge on any atom is 0.325 e. The lowest BCUT2D eigenvalue weighted by Crippen LogP contribution is -2.50. The van der Waals surface area contributed by atoms with E-state index in [0.29, 0.717) is 13.2 Å². The molecule has 0 heterocycles. The van der Waals surface area contributed by atoms with E-state index in [1.807, 2.05) is 75.4 Å². The predicted molar refractivity (Wildman–Crippen MR) is 113 cm³/mol. The fraction of sp³-hybridized carbons (Fsp3) is 0.391. The van der Waals surface area contributed by atoms with E-state index in [-0.39, 0.29) is 19.2 Å². The Balaban J connectivity index is 2.03. The van der Waals surface area contributed by atoms with Gasteiger partial charge in [0.1, 0.15) is 18.9 Å². The molecule has 0 radical (unpaired) electrons. The predicted octanol–water partition coefficient (Wildman–Crippen LogP) is 4.14. The molecular weight excluding hydrogens is 368 g/mol. The molecule has 29 heavy (non-hydrogen) atoms. The van der Waals surface area contributed by atoms with Crippen molar-refractivity contribution < 1.29 is 19.1 Å². The first-order valence-corrected chi connectivity index (χ1v) is 9.76. The summed E-state index contributed by atoms with van der Waals surface area (Å²) in [7, 11) is 0. The molecule has 0 fully saturated rings. The van der Waals surface area contributed by atoms with Crippen LogP contribution in [-0.2, 0) is 22.7 Å². The Labute approximate surface area is 172 Å². The first-order chi connectivity index (χ1) is 13.8. The molecule has 156 valence electrons. The summed E-state index contributed by atoms with van der Waals surface area (Å²) < 4.78 is 10.8. The zero-order valence-corrected chi connectivity index (χ0v) is 17.6. The van der Waals surface area contributed by atoms with E-state index in [2.05, 4.69) is 5.32 Å². The van der Waals surface area contributed by atoms with Gasteiger partial charge in [-0.05, 0) is 51.0 Å². The number of esters is 1. The minimum absolute atomic E-state index is 0.153. The Morgan fingerprint density at radius 1 is 1.00 bits per heavy atom. The first-order valence-electron chi connectivity index (χ1n) is 9.76. The van der Waals surface area contributed by atoms with Gasteiger partial charge in [-0.3, -0.25) is 4.79 Å². The van der Waals surface area contributed by atoms with Gasteiger partial charge in [0.2, 0.25) is 0 Å². The van der Waals surface area contributed by atoms with Gasteiger partial charge in [-0.25, -0.2) is 4.79 Å². The van der Waals surface area contributed by atoms with Crippen molar-refractivity contribution in [1.29, 1.82) is 0 Å². The summed E-state index contributed by atoms with van der Waals surface area (Å²) >= 11 is 0. The Kier molecular flexibility index (Phi) is 8.07. The highest BCUT2D eigenvalue weighted by molar-refractivity contribution is 5.81. The molecule has 6 nitrogen and oxygen atoms in total. The van der Waals surface area contributed by atoms with Gasteiger partial charge >= 0.3 is 12.0 Å². The van der Waals surface area contributed by atoms with Gasteiger partial charge < -0.3 is 19.7 Å². The number of amides is 2. The number of ether oxygens (including phenoxy) is 2. The molecule has 0 saturated carbocycles. The Hall–Kier alpha value is -3.02. The summed E-state index contributed by atoms with van der Waals surface area (Å²) in [6.45, 7) is 8.58. The second-order valence-corrected chi connectivity index (χ2v) is 7.64. The molecule has 0 atom stereocenters. The van der Waals surface area contributed by atoms with E-state index in [1.54, 1.807) is 11.8 Å². The molecule has 0 bridgehead atoms. The highest BCUT2D eigenvalue weighted by Crippen LogP contribution is 2.21. The molecule has 0 aliphatic rings. The molecule has 2 aromatic carbocycles. The van der Waals surface area contributed by atoms with Crippen molar-refractivity contribution in [2.45, 2.75) is 46.4 Å². The standard InChI is InChI=1S/C23H30N2O4/c1-5-28-21(26)15-24-22(27)25(23(2,3)4)16-19-12-9-13-20(14-19)29-17-18-10-7-6-8-11-18/h6-14H,5,15-17H2,1-4H3,(H,24,27). The van der Waals surface area contributed by atoms with Crippen LogP contribution in [0, 0.1) is 0 Å². The number of carbonyl (C=O) groups is 2. The molecule has 1 N–H and O–H groups in total. The second-order valence-electron chi connectivity index (χ2n) is 7.64. The third-order valence-corrected chi connectivity index (χ3v) is 4.23. The van der Waals surface area contributed by atoms with Crippen LogP contribution >= 0.6 is 0 Å². The van der Waals surface area contributed by atoms with Gasteiger partial charge in [-0.2, -0.15) is 0 Å². The Bertz CT molecular complexity index is 800. The molecule has 2 rings (SSSR count). The van der Waals surface area contributed by atoms with E-state index in [0.717, 1.165) is 16.9 Å². The second kappa shape index (κ2) is 10.5. The summed E-state index contributed by atoms with van der Waals surface area (Å²) in [5.41, 5.74) is 1.60. The summed E-state index contributed by atoms with van der Waals surface area (Å²) in [5, 5.41) is 2.64. The highest BCUT2D eigenvalue weighted by Gasteiger charge is 2.27. The lowest BCUT2D eigenvalue weighted by molar-refractivity contribution is -0.141. The fourth-order valence-corrected chi connectivity index (χ4v) is 2.73. The lowest BCUT2D eigenvalue weighted by Gasteiger charge is -2.35. The van der Waals surface area contributed by atoms with Gasteiger partial charge in [0.15, 0.2) is 0 Å². The van der Waals surface area contributed by atoms with Crippen LogP contribution in [0.25, 0.3) is 0 Å². The summed E-state index contributed by atoms with van der Waals surface area (Å²) in [6.07, 6.45) is 0. The summed E-state index contributed by atoms with van der Waals surface area (Å²) in [4.78, 5) is 25.9. The summed E-state index contributed by atoms with van der Waals surface area (Å²) in [5.74, 6) is 0.290. The highest BCUT2D eigenvalue weighted by atomic mass is 16.5. The number of nitrogens with one attached hydrogen (secondary N) is 1. The van der Waals surface area contributed by atoms with Crippen molar-refractivity contribution in [3.05, 3.63) is 65.7 Å². The number of benzene rings is 2. The van der Waals surface area contributed by atoms with Crippen LogP contribution in [-0.4, -0.2) is 35.6 Å². The molecule has 0 aliphatic heterocycles. The molecule has 6 heteroatoms. The van der Waals surface area contributed by atoms with E-state index in [9.17, 15) is 9.59 Å². The smallest absolute Gasteiger partial charge is 0.325 e. The third kappa shape index (κ3) is 7.49. The van der Waals surface area contributed by atoms with Crippen molar-refractivity contribution >= 4 is 12.0 Å². The lowest BCUT2D eigenvalue weighted by atomic mass is 10.0. The number of hydrogen-bond donors (Lipinski definition) is 1. The Morgan fingerprint density at radius 3 is 2.34 bits per heavy atom. The molecule has 0 unspecified atom stereocenters. The van der Waals surface area contributed by atoms with Crippen LogP contribution in [0.15, 0.2) is 54.6 Å². The molecule has 0 aromatic heterocycles. The maximum absolute atomic E-state index is 12.7. The first kappa shape index (κ1) is 22.3. The maximum atomic E-state index is 12.7. The van der Waals surface area contributed by atoms with Crippen LogP contribution in [0.5, 0.6) is 5.75 Å². The number of hydrogen-bond acceptors (Lipinski definition) is 4. The van der Waals surface area contributed by atoms with Crippen molar-refractivity contribution in [2.75, 3.05) is 13.2 Å². The van der Waals surface area contributed by atoms with Crippen LogP contribution < -0.4 is 10.1 Å². The molecule has 0 spiro atoms. The van der Waals surface area contributed by atoms with Gasteiger partial charge in [0.05, 0.1) is 6.61 Å². The van der Waals surface area contributed by atoms with Crippen molar-refractivity contribution in [1.82, 2.24) is 10.2 Å². The van der Waals surface area contributed by atoms with Gasteiger partial charge in [-0.1, -0.05) is 42.5 Å². The zero-order valence-electron chi connectivity index (χ0n) is 17.6. The third-order valence-electron chi connectivity index (χ3n) is 4.23. The molecule has 2 amide bonds. The number of urea groups is 1. The monoisotopic (exact) mass is 398 g/mol. The van der Waals surface area contributed by atoms with Crippen molar-refractivity contribution in [3.63, 3.8) is 0 Å². The quantitative estimate of drug-likeness (QED) is 0.679. The van der Waals surface area contributed by atoms with Gasteiger partial charge in [-0.15, -0.1) is 0 Å². The van der Waals surface area contributed by atoms with Crippen LogP contribution in [0.1, 0.15) is 38.8 Å². The largest absolute Gasteiger partial charge is 0.489 e.